The lowest BCUT2D eigenvalue weighted by atomic mass is 9.45. The van der Waals surface area contributed by atoms with Crippen LogP contribution >= 0.6 is 0 Å². The molecule has 4 aliphatic rings. The standard InChI is InChI=1S/C27H29NO6/c1-32-18-7-5-16(21(13-18)33-2)14-28-25(30)19-8-6-15-12-17-4-3-10-26-22(15)23(19)34-24(26)20(29)9-11-27(17,26)31/h5-8,13,17,24,31H,3-4,9-12,14H2,1-2H3,(H,28,30)/t17-,24+,26+,27-/m0/s1. The minimum Gasteiger partial charge on any atom is -0.497 e. The Morgan fingerprint density at radius 2 is 2.06 bits per heavy atom. The predicted octanol–water partition coefficient (Wildman–Crippen LogP) is 3.08. The number of amides is 1. The molecule has 0 unspecified atom stereocenters. The Kier molecular flexibility index (Phi) is 4.72. The van der Waals surface area contributed by atoms with Crippen LogP contribution in [0.2, 0.25) is 0 Å². The number of Topliss-reactive ketones (excluding diaryl/α,β-unsaturated/α-hetero) is 1. The number of methoxy groups -OCH3 is 2. The molecule has 2 aromatic rings. The fourth-order valence-electron chi connectivity index (χ4n) is 7.10. The molecule has 0 aromatic heterocycles. The maximum absolute atomic E-state index is 13.3. The zero-order chi connectivity index (χ0) is 23.7. The second-order valence-electron chi connectivity index (χ2n) is 9.99. The van der Waals surface area contributed by atoms with Crippen molar-refractivity contribution in [1.82, 2.24) is 5.32 Å². The van der Waals surface area contributed by atoms with Gasteiger partial charge in [0.25, 0.3) is 5.91 Å². The highest BCUT2D eigenvalue weighted by Crippen LogP contribution is 2.66. The molecule has 3 aliphatic carbocycles. The molecule has 7 nitrogen and oxygen atoms in total. The summed E-state index contributed by atoms with van der Waals surface area (Å²) in [6.07, 6.45) is 3.47. The average Bonchev–Trinajstić information content (AvgIpc) is 3.19. The zero-order valence-corrected chi connectivity index (χ0v) is 19.5. The number of nitrogens with one attached hydrogen (secondary N) is 1. The van der Waals surface area contributed by atoms with Gasteiger partial charge in [-0.3, -0.25) is 9.59 Å². The van der Waals surface area contributed by atoms with E-state index in [9.17, 15) is 14.7 Å². The van der Waals surface area contributed by atoms with Gasteiger partial charge in [0.15, 0.2) is 11.9 Å². The fraction of sp³-hybridized carbons (Fsp3) is 0.481. The molecule has 7 heteroatoms. The van der Waals surface area contributed by atoms with Gasteiger partial charge in [-0.05, 0) is 55.4 Å². The molecule has 0 saturated heterocycles. The summed E-state index contributed by atoms with van der Waals surface area (Å²) in [5.74, 6) is 1.66. The van der Waals surface area contributed by atoms with E-state index in [1.54, 1.807) is 26.4 Å². The van der Waals surface area contributed by atoms with E-state index in [1.807, 2.05) is 18.2 Å². The number of aliphatic hydroxyl groups is 1. The topological polar surface area (TPSA) is 94.1 Å². The van der Waals surface area contributed by atoms with E-state index in [-0.39, 0.29) is 24.2 Å². The molecule has 2 fully saturated rings. The molecular formula is C27H29NO6. The Morgan fingerprint density at radius 1 is 1.21 bits per heavy atom. The van der Waals surface area contributed by atoms with E-state index in [2.05, 4.69) is 5.32 Å². The van der Waals surface area contributed by atoms with Crippen molar-refractivity contribution in [3.63, 3.8) is 0 Å². The summed E-state index contributed by atoms with van der Waals surface area (Å²) >= 11 is 0. The summed E-state index contributed by atoms with van der Waals surface area (Å²) in [4.78, 5) is 26.4. The lowest BCUT2D eigenvalue weighted by Crippen LogP contribution is -2.69. The van der Waals surface area contributed by atoms with Gasteiger partial charge in [0.05, 0.1) is 30.8 Å². The van der Waals surface area contributed by atoms with Gasteiger partial charge < -0.3 is 24.6 Å². The molecule has 34 heavy (non-hydrogen) atoms. The zero-order valence-electron chi connectivity index (χ0n) is 19.5. The summed E-state index contributed by atoms with van der Waals surface area (Å²) in [6, 6.07) is 9.24. The van der Waals surface area contributed by atoms with Crippen LogP contribution in [0.15, 0.2) is 30.3 Å². The highest BCUT2D eigenvalue weighted by Gasteiger charge is 2.71. The first-order valence-electron chi connectivity index (χ1n) is 12.0. The van der Waals surface area contributed by atoms with Crippen molar-refractivity contribution in [3.8, 4) is 17.2 Å². The Morgan fingerprint density at radius 3 is 2.85 bits per heavy atom. The number of hydrogen-bond donors (Lipinski definition) is 2. The Balaban J connectivity index is 1.36. The van der Waals surface area contributed by atoms with E-state index >= 15 is 0 Å². The van der Waals surface area contributed by atoms with Crippen LogP contribution in [0.5, 0.6) is 17.2 Å². The molecule has 178 valence electrons. The van der Waals surface area contributed by atoms with Crippen LogP contribution in [0.4, 0.5) is 0 Å². The summed E-state index contributed by atoms with van der Waals surface area (Å²) in [5, 5.41) is 14.9. The lowest BCUT2D eigenvalue weighted by molar-refractivity contribution is -0.177. The lowest BCUT2D eigenvalue weighted by Gasteiger charge is -2.59. The van der Waals surface area contributed by atoms with E-state index in [0.29, 0.717) is 42.1 Å². The predicted molar refractivity (Wildman–Crippen MR) is 123 cm³/mol. The summed E-state index contributed by atoms with van der Waals surface area (Å²) in [5.41, 5.74) is 1.55. The van der Waals surface area contributed by atoms with Gasteiger partial charge in [-0.25, -0.2) is 0 Å². The highest BCUT2D eigenvalue weighted by molar-refractivity contribution is 5.99. The number of ketones is 1. The average molecular weight is 464 g/mol. The Bertz CT molecular complexity index is 1210. The highest BCUT2D eigenvalue weighted by atomic mass is 16.5. The number of hydrogen-bond acceptors (Lipinski definition) is 6. The van der Waals surface area contributed by atoms with Gasteiger partial charge >= 0.3 is 0 Å². The normalized spacial score (nSPS) is 30.3. The molecule has 6 rings (SSSR count). The SMILES string of the molecule is COc1ccc(CNC(=O)c2ccc3c4c2O[C@@H]2C(=O)CC[C@]5(O)[C@@H](CCC[C@@]425)C3)c(OC)c1. The van der Waals surface area contributed by atoms with Crippen molar-refractivity contribution in [1.29, 1.82) is 0 Å². The smallest absolute Gasteiger partial charge is 0.255 e. The third-order valence-corrected chi connectivity index (χ3v) is 8.63. The number of carbonyl (C=O) groups is 2. The summed E-state index contributed by atoms with van der Waals surface area (Å²) in [7, 11) is 3.17. The van der Waals surface area contributed by atoms with E-state index in [0.717, 1.165) is 36.0 Å². The molecule has 2 N–H and O–H groups in total. The molecule has 2 saturated carbocycles. The van der Waals surface area contributed by atoms with Gasteiger partial charge in [0.2, 0.25) is 0 Å². The molecule has 2 bridgehead atoms. The second kappa shape index (κ2) is 7.47. The minimum atomic E-state index is -0.951. The van der Waals surface area contributed by atoms with Crippen molar-refractivity contribution < 1.29 is 28.9 Å². The van der Waals surface area contributed by atoms with Crippen molar-refractivity contribution in [2.45, 2.75) is 62.2 Å². The minimum absolute atomic E-state index is 0.0312. The first-order chi connectivity index (χ1) is 16.4. The Labute approximate surface area is 198 Å². The van der Waals surface area contributed by atoms with Crippen LogP contribution in [0, 0.1) is 5.92 Å². The third kappa shape index (κ3) is 2.67. The molecule has 4 atom stereocenters. The van der Waals surface area contributed by atoms with E-state index in [1.165, 1.54) is 0 Å². The molecule has 1 spiro atoms. The van der Waals surface area contributed by atoms with Crippen LogP contribution in [0.3, 0.4) is 0 Å². The maximum Gasteiger partial charge on any atom is 0.255 e. The third-order valence-electron chi connectivity index (χ3n) is 8.63. The van der Waals surface area contributed by atoms with Gasteiger partial charge in [-0.2, -0.15) is 0 Å². The molecule has 1 heterocycles. The van der Waals surface area contributed by atoms with Crippen molar-refractivity contribution >= 4 is 11.7 Å². The number of carbonyl (C=O) groups excluding carboxylic acids is 2. The van der Waals surface area contributed by atoms with Gasteiger partial charge in [0.1, 0.15) is 17.2 Å². The van der Waals surface area contributed by atoms with Crippen LogP contribution in [-0.2, 0) is 23.2 Å². The molecular weight excluding hydrogens is 434 g/mol. The molecule has 2 aromatic carbocycles. The summed E-state index contributed by atoms with van der Waals surface area (Å²) in [6.45, 7) is 0.266. The van der Waals surface area contributed by atoms with Crippen molar-refractivity contribution in [3.05, 3.63) is 52.6 Å². The van der Waals surface area contributed by atoms with Crippen molar-refractivity contribution in [2.75, 3.05) is 14.2 Å². The van der Waals surface area contributed by atoms with Gasteiger partial charge in [-0.15, -0.1) is 0 Å². The van der Waals surface area contributed by atoms with Gasteiger partial charge in [0, 0.05) is 30.2 Å². The monoisotopic (exact) mass is 463 g/mol. The van der Waals surface area contributed by atoms with E-state index in [4.69, 9.17) is 14.2 Å². The number of ether oxygens (including phenoxy) is 3. The van der Waals surface area contributed by atoms with Crippen LogP contribution in [-0.4, -0.2) is 42.7 Å². The second-order valence-corrected chi connectivity index (χ2v) is 9.99. The van der Waals surface area contributed by atoms with Gasteiger partial charge in [-0.1, -0.05) is 12.5 Å². The maximum atomic E-state index is 13.3. The first kappa shape index (κ1) is 21.5. The molecule has 1 amide bonds. The van der Waals surface area contributed by atoms with Crippen molar-refractivity contribution in [2.24, 2.45) is 5.92 Å². The van der Waals surface area contributed by atoms with Crippen LogP contribution < -0.4 is 19.5 Å². The number of rotatable bonds is 5. The van der Waals surface area contributed by atoms with Crippen LogP contribution in [0.1, 0.15) is 59.2 Å². The molecule has 1 aliphatic heterocycles. The first-order valence-corrected chi connectivity index (χ1v) is 12.0. The number of benzene rings is 2. The van der Waals surface area contributed by atoms with E-state index < -0.39 is 17.1 Å². The largest absolute Gasteiger partial charge is 0.497 e. The quantitative estimate of drug-likeness (QED) is 0.708. The van der Waals surface area contributed by atoms with Crippen LogP contribution in [0.25, 0.3) is 0 Å². The summed E-state index contributed by atoms with van der Waals surface area (Å²) < 4.78 is 17.0. The molecule has 0 radical (unpaired) electrons. The Hall–Kier alpha value is -3.06. The fourth-order valence-corrected chi connectivity index (χ4v) is 7.10.